The van der Waals surface area contributed by atoms with Crippen molar-refractivity contribution in [1.29, 1.82) is 0 Å². The number of carbonyl (C=O) groups excluding carboxylic acids is 2. The maximum Gasteiger partial charge on any atom is 0.246 e. The second-order valence-electron chi connectivity index (χ2n) is 12.9. The summed E-state index contributed by atoms with van der Waals surface area (Å²) in [5.74, 6) is -2.78. The SMILES string of the molecule is C=CC(=O)N1C[C@H](C)n2nc(-c3nc(-c4ccc5c(c4)CCN(C(C)=O)C5)c4scc(F)c4c3-c3c(F)cc(F)cc3OCCOC)cc2[C@H]1C. The second-order valence-corrected chi connectivity index (χ2v) is 13.7. The highest BCUT2D eigenvalue weighted by molar-refractivity contribution is 7.17. The van der Waals surface area contributed by atoms with Crippen molar-refractivity contribution in [1.82, 2.24) is 24.6 Å². The zero-order chi connectivity index (χ0) is 36.1. The first-order valence-electron chi connectivity index (χ1n) is 16.6. The van der Waals surface area contributed by atoms with Gasteiger partial charge in [-0.1, -0.05) is 18.7 Å². The number of rotatable bonds is 8. The summed E-state index contributed by atoms with van der Waals surface area (Å²) >= 11 is 1.13. The van der Waals surface area contributed by atoms with Gasteiger partial charge in [-0.2, -0.15) is 5.10 Å². The van der Waals surface area contributed by atoms with Gasteiger partial charge in [0.25, 0.3) is 0 Å². The zero-order valence-corrected chi connectivity index (χ0v) is 29.5. The number of halogens is 3. The maximum atomic E-state index is 16.3. The van der Waals surface area contributed by atoms with Crippen LogP contribution in [0.1, 0.15) is 49.7 Å². The Morgan fingerprint density at radius 2 is 1.84 bits per heavy atom. The Bertz CT molecular complexity index is 2220. The first-order chi connectivity index (χ1) is 24.5. The van der Waals surface area contributed by atoms with Gasteiger partial charge in [-0.05, 0) is 49.6 Å². The lowest BCUT2D eigenvalue weighted by atomic mass is 9.93. The molecule has 0 unspecified atom stereocenters. The molecule has 0 aliphatic carbocycles. The molecule has 2 aliphatic rings. The molecule has 5 heterocycles. The summed E-state index contributed by atoms with van der Waals surface area (Å²) in [4.78, 5) is 33.5. The third-order valence-corrected chi connectivity index (χ3v) is 10.6. The van der Waals surface area contributed by atoms with Crippen LogP contribution in [0.2, 0.25) is 0 Å². The molecule has 2 aliphatic heterocycles. The van der Waals surface area contributed by atoms with Crippen molar-refractivity contribution in [3.63, 3.8) is 0 Å². The van der Waals surface area contributed by atoms with E-state index in [9.17, 15) is 14.0 Å². The number of aromatic nitrogens is 3. The van der Waals surface area contributed by atoms with Crippen molar-refractivity contribution in [3.8, 4) is 39.5 Å². The number of ether oxygens (including phenoxy) is 2. The standard InChI is InChI=1S/C38H36F3N5O4S/c1-6-32(48)45-17-20(2)46-30(21(45)3)16-29(43-46)37-35(33-27(40)14-26(39)15-31(33)50-12-11-49-5)34-28(41)19-51-38(34)36(42-37)24-7-8-25-18-44(22(4)47)10-9-23(25)13-24/h6-8,13-16,19-21H,1,9-12,17-18H2,2-5H3/t20-,21+/m0/s1. The first-order valence-corrected chi connectivity index (χ1v) is 17.5. The minimum absolute atomic E-state index is 0.00404. The highest BCUT2D eigenvalue weighted by atomic mass is 32.1. The van der Waals surface area contributed by atoms with Crippen LogP contribution in [-0.4, -0.2) is 69.8 Å². The van der Waals surface area contributed by atoms with Gasteiger partial charge in [0.1, 0.15) is 41.2 Å². The van der Waals surface area contributed by atoms with E-state index in [0.717, 1.165) is 34.6 Å². The molecule has 51 heavy (non-hydrogen) atoms. The fourth-order valence-electron chi connectivity index (χ4n) is 7.08. The summed E-state index contributed by atoms with van der Waals surface area (Å²) in [6.45, 7) is 10.6. The molecular formula is C38H36F3N5O4S. The Morgan fingerprint density at radius 3 is 2.59 bits per heavy atom. The fourth-order valence-corrected chi connectivity index (χ4v) is 8.02. The van der Waals surface area contributed by atoms with E-state index in [1.165, 1.54) is 18.6 Å². The van der Waals surface area contributed by atoms with Crippen molar-refractivity contribution in [2.75, 3.05) is 33.4 Å². The van der Waals surface area contributed by atoms with Crippen LogP contribution < -0.4 is 4.74 Å². The first kappa shape index (κ1) is 34.4. The van der Waals surface area contributed by atoms with Crippen LogP contribution in [-0.2, 0) is 27.3 Å². The van der Waals surface area contributed by atoms with Crippen molar-refractivity contribution < 1.29 is 32.2 Å². The van der Waals surface area contributed by atoms with E-state index in [1.807, 2.05) is 36.7 Å². The molecule has 13 heteroatoms. The van der Waals surface area contributed by atoms with Crippen LogP contribution in [0, 0.1) is 17.5 Å². The molecule has 0 spiro atoms. The molecule has 0 saturated carbocycles. The van der Waals surface area contributed by atoms with Crippen molar-refractivity contribution in [2.45, 2.75) is 45.8 Å². The summed E-state index contributed by atoms with van der Waals surface area (Å²) in [5, 5.41) is 6.38. The van der Waals surface area contributed by atoms with Crippen LogP contribution in [0.3, 0.4) is 0 Å². The molecule has 9 nitrogen and oxygen atoms in total. The summed E-state index contributed by atoms with van der Waals surface area (Å²) in [6, 6.07) is 8.82. The van der Waals surface area contributed by atoms with Crippen molar-refractivity contribution in [3.05, 3.63) is 88.7 Å². The van der Waals surface area contributed by atoms with Crippen LogP contribution in [0.4, 0.5) is 13.2 Å². The van der Waals surface area contributed by atoms with Gasteiger partial charge in [-0.25, -0.2) is 18.2 Å². The second kappa shape index (κ2) is 13.6. The van der Waals surface area contributed by atoms with Crippen molar-refractivity contribution in [2.24, 2.45) is 0 Å². The quantitative estimate of drug-likeness (QED) is 0.122. The Hall–Kier alpha value is -5.01. The average Bonchev–Trinajstić information content (AvgIpc) is 3.74. The number of carbonyl (C=O) groups is 2. The lowest BCUT2D eigenvalue weighted by Gasteiger charge is -2.36. The number of amides is 2. The Morgan fingerprint density at radius 1 is 1.04 bits per heavy atom. The molecule has 5 aromatic rings. The largest absolute Gasteiger partial charge is 0.490 e. The van der Waals surface area contributed by atoms with Gasteiger partial charge in [0.2, 0.25) is 11.8 Å². The zero-order valence-electron chi connectivity index (χ0n) is 28.6. The Balaban J connectivity index is 1.50. The number of hydrogen-bond acceptors (Lipinski definition) is 7. The molecule has 3 aromatic heterocycles. The van der Waals surface area contributed by atoms with E-state index in [-0.39, 0.29) is 65.1 Å². The molecule has 2 aromatic carbocycles. The minimum atomic E-state index is -0.956. The normalized spacial score (nSPS) is 17.0. The van der Waals surface area contributed by atoms with Crippen molar-refractivity contribution >= 4 is 33.2 Å². The number of methoxy groups -OCH3 is 1. The van der Waals surface area contributed by atoms with Crippen LogP contribution in [0.5, 0.6) is 5.75 Å². The highest BCUT2D eigenvalue weighted by Gasteiger charge is 2.34. The number of nitrogens with zero attached hydrogens (tertiary/aromatic N) is 5. The van der Waals surface area contributed by atoms with E-state index in [1.54, 1.807) is 22.8 Å². The van der Waals surface area contributed by atoms with Gasteiger partial charge >= 0.3 is 0 Å². The number of pyridine rings is 1. The van der Waals surface area contributed by atoms with Gasteiger partial charge in [0.05, 0.1) is 40.3 Å². The lowest BCUT2D eigenvalue weighted by molar-refractivity contribution is -0.130. The van der Waals surface area contributed by atoms with Gasteiger partial charge in [0.15, 0.2) is 0 Å². The predicted octanol–water partition coefficient (Wildman–Crippen LogP) is 7.49. The summed E-state index contributed by atoms with van der Waals surface area (Å²) in [5.41, 5.74) is 4.36. The smallest absolute Gasteiger partial charge is 0.246 e. The van der Waals surface area contributed by atoms with E-state index >= 15 is 8.78 Å². The van der Waals surface area contributed by atoms with Gasteiger partial charge in [0, 0.05) is 67.7 Å². The number of thiophene rings is 1. The Kier molecular flexibility index (Phi) is 9.19. The number of hydrogen-bond donors (Lipinski definition) is 0. The highest BCUT2D eigenvalue weighted by Crippen LogP contribution is 2.48. The minimum Gasteiger partial charge on any atom is -0.490 e. The molecule has 264 valence electrons. The summed E-state index contributed by atoms with van der Waals surface area (Å²) in [7, 11) is 1.48. The maximum absolute atomic E-state index is 16.3. The van der Waals surface area contributed by atoms with E-state index in [4.69, 9.17) is 19.6 Å². The third-order valence-electron chi connectivity index (χ3n) is 9.66. The third kappa shape index (κ3) is 6.08. The molecule has 2 atom stereocenters. The monoisotopic (exact) mass is 715 g/mol. The molecule has 0 N–H and O–H groups in total. The molecule has 0 bridgehead atoms. The predicted molar refractivity (Wildman–Crippen MR) is 189 cm³/mol. The fraction of sp³-hybridized carbons (Fsp3) is 0.316. The average molecular weight is 716 g/mol. The van der Waals surface area contributed by atoms with Crippen LogP contribution in [0.25, 0.3) is 43.9 Å². The molecule has 7 rings (SSSR count). The van der Waals surface area contributed by atoms with E-state index in [0.29, 0.717) is 53.4 Å². The number of fused-ring (bicyclic) bond motifs is 3. The molecule has 2 amide bonds. The molecular weight excluding hydrogens is 680 g/mol. The molecule has 0 fully saturated rings. The molecule has 0 radical (unpaired) electrons. The summed E-state index contributed by atoms with van der Waals surface area (Å²) in [6.07, 6.45) is 1.91. The van der Waals surface area contributed by atoms with Crippen LogP contribution >= 0.6 is 11.3 Å². The van der Waals surface area contributed by atoms with Gasteiger partial charge in [-0.3, -0.25) is 14.3 Å². The topological polar surface area (TPSA) is 89.8 Å². The number of benzene rings is 2. The van der Waals surface area contributed by atoms with Gasteiger partial charge in [-0.15, -0.1) is 11.3 Å². The van der Waals surface area contributed by atoms with Crippen LogP contribution in [0.15, 0.2) is 54.4 Å². The van der Waals surface area contributed by atoms with E-state index < -0.39 is 17.5 Å². The lowest BCUT2D eigenvalue weighted by Crippen LogP contribution is -2.42. The van der Waals surface area contributed by atoms with Gasteiger partial charge < -0.3 is 19.3 Å². The summed E-state index contributed by atoms with van der Waals surface area (Å²) < 4.78 is 60.4. The molecule has 0 saturated heterocycles. The Labute approximate surface area is 296 Å². The van der Waals surface area contributed by atoms with E-state index in [2.05, 4.69) is 6.58 Å².